The number of allylic oxidation sites excluding steroid dienone is 2. The first-order valence-corrected chi connectivity index (χ1v) is 18.3. The molecule has 2 heterocycles. The predicted molar refractivity (Wildman–Crippen MR) is 225 cm³/mol. The third-order valence-corrected chi connectivity index (χ3v) is 10.9. The van der Waals surface area contributed by atoms with Crippen LogP contribution in [0.3, 0.4) is 0 Å². The van der Waals surface area contributed by atoms with Crippen LogP contribution in [0, 0.1) is 20.8 Å². The highest BCUT2D eigenvalue weighted by Crippen LogP contribution is 2.50. The Bertz CT molecular complexity index is 2710. The molecular formula is C49H40N4. The van der Waals surface area contributed by atoms with Crippen LogP contribution < -0.4 is 9.80 Å². The molecule has 53 heavy (non-hydrogen) atoms. The second-order valence-corrected chi connectivity index (χ2v) is 13.9. The first-order valence-electron chi connectivity index (χ1n) is 18.3. The summed E-state index contributed by atoms with van der Waals surface area (Å²) < 4.78 is 0. The molecule has 0 fully saturated rings. The van der Waals surface area contributed by atoms with Gasteiger partial charge < -0.3 is 4.90 Å². The number of hydrogen-bond acceptors (Lipinski definition) is 4. The summed E-state index contributed by atoms with van der Waals surface area (Å²) in [5, 5.41) is 7.48. The second-order valence-electron chi connectivity index (χ2n) is 13.9. The van der Waals surface area contributed by atoms with Crippen molar-refractivity contribution in [3.63, 3.8) is 0 Å². The molecule has 0 saturated heterocycles. The van der Waals surface area contributed by atoms with Crippen molar-refractivity contribution in [1.82, 2.24) is 9.97 Å². The van der Waals surface area contributed by atoms with Gasteiger partial charge in [-0.25, -0.2) is 9.97 Å². The number of benzene rings is 6. The van der Waals surface area contributed by atoms with Crippen molar-refractivity contribution in [3.05, 3.63) is 186 Å². The normalized spacial score (nSPS) is 14.0. The fourth-order valence-corrected chi connectivity index (χ4v) is 8.39. The zero-order chi connectivity index (χ0) is 36.1. The van der Waals surface area contributed by atoms with Crippen molar-refractivity contribution < 1.29 is 0 Å². The van der Waals surface area contributed by atoms with Crippen molar-refractivity contribution in [2.45, 2.75) is 33.2 Å². The van der Waals surface area contributed by atoms with Crippen LogP contribution in [-0.4, -0.2) is 9.97 Å². The SMILES string of the molecule is C=C/C=C\c1cccc(N(c2ccccn2)c2cc(C)c3ccc4c(N(c5ccccn5)C5CC=Cc6ccccc65)cc(C)c5ccc2c3c54)c1C. The second kappa shape index (κ2) is 13.2. The smallest absolute Gasteiger partial charge is 0.137 e. The van der Waals surface area contributed by atoms with E-state index in [9.17, 15) is 0 Å². The average Bonchev–Trinajstić information content (AvgIpc) is 3.20. The van der Waals surface area contributed by atoms with E-state index in [2.05, 4.69) is 159 Å². The largest absolute Gasteiger partial charge is 0.318 e. The Morgan fingerprint density at radius 1 is 0.642 bits per heavy atom. The van der Waals surface area contributed by atoms with Crippen LogP contribution in [0.5, 0.6) is 0 Å². The summed E-state index contributed by atoms with van der Waals surface area (Å²) in [7, 11) is 0. The van der Waals surface area contributed by atoms with E-state index in [1.807, 2.05) is 36.7 Å². The van der Waals surface area contributed by atoms with Gasteiger partial charge in [0.1, 0.15) is 11.6 Å². The van der Waals surface area contributed by atoms with Gasteiger partial charge in [0.05, 0.1) is 23.1 Å². The Labute approximate surface area is 311 Å². The van der Waals surface area contributed by atoms with E-state index in [1.165, 1.54) is 65.8 Å². The zero-order valence-electron chi connectivity index (χ0n) is 30.3. The topological polar surface area (TPSA) is 32.3 Å². The third-order valence-electron chi connectivity index (χ3n) is 10.9. The van der Waals surface area contributed by atoms with Gasteiger partial charge in [0.2, 0.25) is 0 Å². The number of aryl methyl sites for hydroxylation is 2. The van der Waals surface area contributed by atoms with Gasteiger partial charge >= 0.3 is 0 Å². The maximum absolute atomic E-state index is 4.97. The van der Waals surface area contributed by atoms with Crippen LogP contribution in [0.15, 0.2) is 152 Å². The molecule has 256 valence electrons. The highest BCUT2D eigenvalue weighted by Gasteiger charge is 2.29. The molecule has 0 N–H and O–H groups in total. The van der Waals surface area contributed by atoms with Gasteiger partial charge in [0.15, 0.2) is 0 Å². The van der Waals surface area contributed by atoms with Gasteiger partial charge in [0.25, 0.3) is 0 Å². The molecular weight excluding hydrogens is 645 g/mol. The van der Waals surface area contributed by atoms with E-state index < -0.39 is 0 Å². The molecule has 9 rings (SSSR count). The zero-order valence-corrected chi connectivity index (χ0v) is 30.3. The van der Waals surface area contributed by atoms with Gasteiger partial charge in [-0.15, -0.1) is 0 Å². The number of pyridine rings is 2. The fourth-order valence-electron chi connectivity index (χ4n) is 8.39. The molecule has 4 heteroatoms. The van der Waals surface area contributed by atoms with Gasteiger partial charge in [-0.1, -0.05) is 110 Å². The van der Waals surface area contributed by atoms with E-state index in [0.717, 1.165) is 35.0 Å². The maximum Gasteiger partial charge on any atom is 0.137 e. The molecule has 8 aromatic rings. The summed E-state index contributed by atoms with van der Waals surface area (Å²) in [4.78, 5) is 14.7. The lowest BCUT2D eigenvalue weighted by molar-refractivity contribution is 0.696. The summed E-state index contributed by atoms with van der Waals surface area (Å²) in [6, 6.07) is 41.7. The fraction of sp³-hybridized carbons (Fsp3) is 0.102. The van der Waals surface area contributed by atoms with Crippen molar-refractivity contribution in [1.29, 1.82) is 0 Å². The molecule has 0 radical (unpaired) electrons. The average molecular weight is 685 g/mol. The molecule has 6 aromatic carbocycles. The highest BCUT2D eigenvalue weighted by molar-refractivity contribution is 6.29. The van der Waals surface area contributed by atoms with Crippen molar-refractivity contribution in [3.8, 4) is 0 Å². The van der Waals surface area contributed by atoms with Crippen LogP contribution in [0.1, 0.15) is 45.8 Å². The van der Waals surface area contributed by atoms with E-state index in [0.29, 0.717) is 0 Å². The molecule has 0 saturated carbocycles. The first kappa shape index (κ1) is 32.4. The Hall–Kier alpha value is -6.52. The summed E-state index contributed by atoms with van der Waals surface area (Å²) in [6.07, 6.45) is 15.2. The summed E-state index contributed by atoms with van der Waals surface area (Å²) in [6.45, 7) is 10.6. The minimum atomic E-state index is 0.0892. The summed E-state index contributed by atoms with van der Waals surface area (Å²) in [5.74, 6) is 1.81. The van der Waals surface area contributed by atoms with Crippen molar-refractivity contribution in [2.75, 3.05) is 9.80 Å². The molecule has 2 aromatic heterocycles. The number of anilines is 5. The Morgan fingerprint density at radius 3 is 1.98 bits per heavy atom. The minimum Gasteiger partial charge on any atom is -0.318 e. The number of fused-ring (bicyclic) bond motifs is 1. The lowest BCUT2D eigenvalue weighted by Gasteiger charge is -2.36. The van der Waals surface area contributed by atoms with Crippen molar-refractivity contribution in [2.24, 2.45) is 0 Å². The van der Waals surface area contributed by atoms with Gasteiger partial charge in [-0.05, 0) is 125 Å². The van der Waals surface area contributed by atoms with E-state index in [4.69, 9.17) is 9.97 Å². The number of nitrogens with zero attached hydrogens (tertiary/aromatic N) is 4. The van der Waals surface area contributed by atoms with Crippen LogP contribution in [0.4, 0.5) is 28.7 Å². The maximum atomic E-state index is 4.97. The van der Waals surface area contributed by atoms with Crippen LogP contribution in [-0.2, 0) is 0 Å². The number of hydrogen-bond donors (Lipinski definition) is 0. The molecule has 1 aliphatic carbocycles. The van der Waals surface area contributed by atoms with Crippen LogP contribution in [0.2, 0.25) is 0 Å². The monoisotopic (exact) mass is 684 g/mol. The molecule has 0 amide bonds. The van der Waals surface area contributed by atoms with Gasteiger partial charge in [-0.3, -0.25) is 4.90 Å². The van der Waals surface area contributed by atoms with Gasteiger partial charge in [0, 0.05) is 23.2 Å². The Morgan fingerprint density at radius 2 is 1.28 bits per heavy atom. The van der Waals surface area contributed by atoms with Crippen LogP contribution in [0.25, 0.3) is 44.5 Å². The molecule has 0 aliphatic heterocycles. The van der Waals surface area contributed by atoms with E-state index >= 15 is 0 Å². The molecule has 1 atom stereocenters. The lowest BCUT2D eigenvalue weighted by Crippen LogP contribution is -2.26. The number of aromatic nitrogens is 2. The lowest BCUT2D eigenvalue weighted by atomic mass is 9.87. The molecule has 0 spiro atoms. The van der Waals surface area contributed by atoms with Crippen LogP contribution >= 0.6 is 0 Å². The van der Waals surface area contributed by atoms with Crippen molar-refractivity contribution >= 4 is 73.2 Å². The standard InChI is InChI=1S/C49H40N4/c1-5-6-15-35-17-13-20-42(34(35)4)52(46-22-9-11-28-50-46)44-30-32(2)37-25-27-41-45(31-33(3)38-24-26-40(44)48(37)49(38)41)53(47-23-10-12-29-51-47)43-21-14-18-36-16-7-8-19-39(36)43/h5-20,22-31,43H,1,21H2,2-4H3/b15-6-. The Balaban J connectivity index is 1.34. The van der Waals surface area contributed by atoms with E-state index in [-0.39, 0.29) is 6.04 Å². The first-order chi connectivity index (χ1) is 26.0. The quantitative estimate of drug-likeness (QED) is 0.118. The highest BCUT2D eigenvalue weighted by atomic mass is 15.2. The Kier molecular flexibility index (Phi) is 8.08. The number of rotatable bonds is 8. The van der Waals surface area contributed by atoms with E-state index in [1.54, 1.807) is 0 Å². The summed E-state index contributed by atoms with van der Waals surface area (Å²) >= 11 is 0. The molecule has 4 nitrogen and oxygen atoms in total. The molecule has 0 bridgehead atoms. The minimum absolute atomic E-state index is 0.0892. The molecule has 1 aliphatic rings. The molecule has 1 unspecified atom stereocenters. The summed E-state index contributed by atoms with van der Waals surface area (Å²) in [5.41, 5.74) is 10.7. The third kappa shape index (κ3) is 5.37. The predicted octanol–water partition coefficient (Wildman–Crippen LogP) is 13.3. The van der Waals surface area contributed by atoms with Gasteiger partial charge in [-0.2, -0.15) is 0 Å².